The highest BCUT2D eigenvalue weighted by Gasteiger charge is 2.30. The number of nitrogens with one attached hydrogen (secondary N) is 2. The Bertz CT molecular complexity index is 271. The fourth-order valence-corrected chi connectivity index (χ4v) is 2.53. The zero-order valence-corrected chi connectivity index (χ0v) is 12.6. The molecule has 1 unspecified atom stereocenters. The van der Waals surface area contributed by atoms with Gasteiger partial charge in [-0.25, -0.2) is 4.79 Å². The molecule has 5 heteroatoms. The summed E-state index contributed by atoms with van der Waals surface area (Å²) < 4.78 is 10.8. The Morgan fingerprint density at radius 3 is 2.79 bits per heavy atom. The lowest BCUT2D eigenvalue weighted by Crippen LogP contribution is -2.46. The molecule has 0 spiro atoms. The van der Waals surface area contributed by atoms with Gasteiger partial charge in [-0.05, 0) is 18.8 Å². The Hall–Kier alpha value is -0.810. The molecular formula is C14H28N2O3. The zero-order valence-electron chi connectivity index (χ0n) is 12.6. The number of methoxy groups -OCH3 is 1. The summed E-state index contributed by atoms with van der Waals surface area (Å²) in [4.78, 5) is 11.8. The minimum Gasteiger partial charge on any atom is -0.383 e. The van der Waals surface area contributed by atoms with Gasteiger partial charge >= 0.3 is 6.03 Å². The second-order valence-electron chi connectivity index (χ2n) is 5.54. The van der Waals surface area contributed by atoms with Crippen LogP contribution in [0.5, 0.6) is 0 Å². The molecule has 0 aromatic carbocycles. The second-order valence-corrected chi connectivity index (χ2v) is 5.54. The maximum atomic E-state index is 11.8. The SMILES string of the molecule is CCC(COC)NC(=O)NC[C@H]1CCO[C@@H]1C(C)C. The van der Waals surface area contributed by atoms with Crippen LogP contribution in [-0.2, 0) is 9.47 Å². The smallest absolute Gasteiger partial charge is 0.315 e. The largest absolute Gasteiger partial charge is 0.383 e. The van der Waals surface area contributed by atoms with Crippen molar-refractivity contribution in [2.75, 3.05) is 26.9 Å². The van der Waals surface area contributed by atoms with Gasteiger partial charge in [-0.15, -0.1) is 0 Å². The van der Waals surface area contributed by atoms with Crippen LogP contribution in [0.25, 0.3) is 0 Å². The number of ether oxygens (including phenoxy) is 2. The minimum absolute atomic E-state index is 0.0747. The van der Waals surface area contributed by atoms with E-state index in [9.17, 15) is 4.79 Å². The van der Waals surface area contributed by atoms with Gasteiger partial charge < -0.3 is 20.1 Å². The number of hydrogen-bond donors (Lipinski definition) is 2. The topological polar surface area (TPSA) is 59.6 Å². The van der Waals surface area contributed by atoms with Gasteiger partial charge in [0.25, 0.3) is 0 Å². The molecule has 1 saturated heterocycles. The Labute approximate surface area is 116 Å². The lowest BCUT2D eigenvalue weighted by molar-refractivity contribution is 0.0544. The first kappa shape index (κ1) is 16.2. The number of carbonyl (C=O) groups is 1. The van der Waals surface area contributed by atoms with E-state index >= 15 is 0 Å². The van der Waals surface area contributed by atoms with Crippen molar-refractivity contribution < 1.29 is 14.3 Å². The first-order chi connectivity index (χ1) is 9.08. The van der Waals surface area contributed by atoms with Gasteiger partial charge in [0, 0.05) is 26.2 Å². The molecule has 1 heterocycles. The zero-order chi connectivity index (χ0) is 14.3. The van der Waals surface area contributed by atoms with Gasteiger partial charge in [0.15, 0.2) is 0 Å². The first-order valence-corrected chi connectivity index (χ1v) is 7.23. The second kappa shape index (κ2) is 8.38. The molecule has 2 N–H and O–H groups in total. The molecule has 0 saturated carbocycles. The molecule has 3 atom stereocenters. The average molecular weight is 272 g/mol. The van der Waals surface area contributed by atoms with Crippen molar-refractivity contribution in [2.45, 2.75) is 45.8 Å². The van der Waals surface area contributed by atoms with Gasteiger partial charge in [-0.3, -0.25) is 0 Å². The molecule has 5 nitrogen and oxygen atoms in total. The van der Waals surface area contributed by atoms with Crippen molar-refractivity contribution in [3.63, 3.8) is 0 Å². The van der Waals surface area contributed by atoms with Crippen molar-refractivity contribution in [3.05, 3.63) is 0 Å². The van der Waals surface area contributed by atoms with E-state index in [2.05, 4.69) is 24.5 Å². The summed E-state index contributed by atoms with van der Waals surface area (Å²) in [5.41, 5.74) is 0. The van der Waals surface area contributed by atoms with Crippen LogP contribution in [0, 0.1) is 11.8 Å². The fourth-order valence-electron chi connectivity index (χ4n) is 2.53. The van der Waals surface area contributed by atoms with Crippen molar-refractivity contribution in [1.29, 1.82) is 0 Å². The molecular weight excluding hydrogens is 244 g/mol. The average Bonchev–Trinajstić information content (AvgIpc) is 2.84. The van der Waals surface area contributed by atoms with E-state index in [0.717, 1.165) is 19.4 Å². The quantitative estimate of drug-likeness (QED) is 0.742. The van der Waals surface area contributed by atoms with Crippen molar-refractivity contribution in [1.82, 2.24) is 10.6 Å². The van der Waals surface area contributed by atoms with E-state index in [1.165, 1.54) is 0 Å². The summed E-state index contributed by atoms with van der Waals surface area (Å²) in [6.45, 7) is 8.38. The number of carbonyl (C=O) groups excluding carboxylic acids is 1. The Morgan fingerprint density at radius 2 is 2.21 bits per heavy atom. The Morgan fingerprint density at radius 1 is 1.47 bits per heavy atom. The highest BCUT2D eigenvalue weighted by Crippen LogP contribution is 2.25. The molecule has 2 amide bonds. The third-order valence-corrected chi connectivity index (χ3v) is 3.64. The highest BCUT2D eigenvalue weighted by molar-refractivity contribution is 5.74. The number of urea groups is 1. The van der Waals surface area contributed by atoms with Gasteiger partial charge in [-0.1, -0.05) is 20.8 Å². The highest BCUT2D eigenvalue weighted by atomic mass is 16.5. The number of rotatable bonds is 7. The lowest BCUT2D eigenvalue weighted by atomic mass is 9.93. The molecule has 1 aliphatic rings. The van der Waals surface area contributed by atoms with Crippen LogP contribution in [0.4, 0.5) is 4.79 Å². The maximum absolute atomic E-state index is 11.8. The standard InChI is InChI=1S/C14H28N2O3/c1-5-12(9-18-4)16-14(17)15-8-11-6-7-19-13(11)10(2)3/h10-13H,5-9H2,1-4H3,(H2,15,16,17)/t11-,12?,13-/m1/s1. The summed E-state index contributed by atoms with van der Waals surface area (Å²) in [5, 5.41) is 5.87. The number of amides is 2. The van der Waals surface area contributed by atoms with Crippen molar-refractivity contribution in [3.8, 4) is 0 Å². The van der Waals surface area contributed by atoms with Crippen LogP contribution in [0.15, 0.2) is 0 Å². The van der Waals surface area contributed by atoms with E-state index in [1.807, 2.05) is 6.92 Å². The van der Waals surface area contributed by atoms with E-state index in [1.54, 1.807) is 7.11 Å². The molecule has 0 aliphatic carbocycles. The predicted octanol–water partition coefficient (Wildman–Crippen LogP) is 1.77. The van der Waals surface area contributed by atoms with E-state index < -0.39 is 0 Å². The fraction of sp³-hybridized carbons (Fsp3) is 0.929. The molecule has 0 bridgehead atoms. The summed E-state index contributed by atoms with van der Waals surface area (Å²) >= 11 is 0. The van der Waals surface area contributed by atoms with Crippen molar-refractivity contribution in [2.24, 2.45) is 11.8 Å². The molecule has 1 rings (SSSR count). The third-order valence-electron chi connectivity index (χ3n) is 3.64. The monoisotopic (exact) mass is 272 g/mol. The molecule has 1 fully saturated rings. The third kappa shape index (κ3) is 5.37. The minimum atomic E-state index is -0.113. The molecule has 0 aromatic heterocycles. The summed E-state index contributed by atoms with van der Waals surface area (Å²) in [5.74, 6) is 0.919. The lowest BCUT2D eigenvalue weighted by Gasteiger charge is -2.23. The molecule has 112 valence electrons. The van der Waals surface area contributed by atoms with Crippen LogP contribution < -0.4 is 10.6 Å². The van der Waals surface area contributed by atoms with E-state index in [-0.39, 0.29) is 18.2 Å². The van der Waals surface area contributed by atoms with Crippen LogP contribution in [0.3, 0.4) is 0 Å². The van der Waals surface area contributed by atoms with E-state index in [4.69, 9.17) is 9.47 Å². The van der Waals surface area contributed by atoms with Gasteiger partial charge in [0.2, 0.25) is 0 Å². The predicted molar refractivity (Wildman–Crippen MR) is 75.2 cm³/mol. The normalized spacial score (nSPS) is 24.5. The Balaban J connectivity index is 2.29. The van der Waals surface area contributed by atoms with Gasteiger partial charge in [0.05, 0.1) is 18.8 Å². The molecule has 19 heavy (non-hydrogen) atoms. The van der Waals surface area contributed by atoms with Crippen LogP contribution in [0.1, 0.15) is 33.6 Å². The summed E-state index contributed by atoms with van der Waals surface area (Å²) in [7, 11) is 1.64. The first-order valence-electron chi connectivity index (χ1n) is 7.23. The molecule has 1 aliphatic heterocycles. The van der Waals surface area contributed by atoms with Crippen LogP contribution >= 0.6 is 0 Å². The van der Waals surface area contributed by atoms with Crippen LogP contribution in [0.2, 0.25) is 0 Å². The number of hydrogen-bond acceptors (Lipinski definition) is 3. The molecule has 0 aromatic rings. The van der Waals surface area contributed by atoms with Gasteiger partial charge in [0.1, 0.15) is 0 Å². The summed E-state index contributed by atoms with van der Waals surface area (Å²) in [6, 6.07) is -0.0379. The maximum Gasteiger partial charge on any atom is 0.315 e. The summed E-state index contributed by atoms with van der Waals surface area (Å²) in [6.07, 6.45) is 2.15. The van der Waals surface area contributed by atoms with Gasteiger partial charge in [-0.2, -0.15) is 0 Å². The Kier molecular flexibility index (Phi) is 7.16. The molecule has 0 radical (unpaired) electrons. The van der Waals surface area contributed by atoms with Crippen molar-refractivity contribution >= 4 is 6.03 Å². The van der Waals surface area contributed by atoms with E-state index in [0.29, 0.717) is 25.0 Å². The van der Waals surface area contributed by atoms with Crippen LogP contribution in [-0.4, -0.2) is 45.0 Å².